The quantitative estimate of drug-likeness (QED) is 0.423. The molecule has 3 atom stereocenters. The maximum atomic E-state index is 13.2. The Labute approximate surface area is 197 Å². The van der Waals surface area contributed by atoms with Crippen LogP contribution in [0.15, 0.2) is 30.3 Å². The fourth-order valence-corrected chi connectivity index (χ4v) is 6.04. The molecule has 8 nitrogen and oxygen atoms in total. The number of carbonyl (C=O) groups excluding carboxylic acids is 2. The number of ether oxygens (including phenoxy) is 3. The van der Waals surface area contributed by atoms with Gasteiger partial charge in [-0.2, -0.15) is 0 Å². The summed E-state index contributed by atoms with van der Waals surface area (Å²) in [5.74, 6) is -1.32. The maximum absolute atomic E-state index is 13.2. The summed E-state index contributed by atoms with van der Waals surface area (Å²) in [6.45, 7) is 6.49. The van der Waals surface area contributed by atoms with Gasteiger partial charge in [0.1, 0.15) is 18.2 Å². The monoisotopic (exact) mass is 483 g/mol. The minimum atomic E-state index is -3.67. The molecule has 0 spiro atoms. The second-order valence-corrected chi connectivity index (χ2v) is 10.7. The highest BCUT2D eigenvalue weighted by Gasteiger charge is 2.35. The number of nitrogens with one attached hydrogen (secondary N) is 1. The fourth-order valence-electron chi connectivity index (χ4n) is 3.90. The van der Waals surface area contributed by atoms with Crippen LogP contribution >= 0.6 is 0 Å². The third-order valence-corrected chi connectivity index (χ3v) is 7.95. The molecule has 2 rings (SSSR count). The summed E-state index contributed by atoms with van der Waals surface area (Å²) in [6.07, 6.45) is 1.68. The summed E-state index contributed by atoms with van der Waals surface area (Å²) < 4.78 is 42.5. The van der Waals surface area contributed by atoms with Crippen LogP contribution in [-0.4, -0.2) is 56.8 Å². The summed E-state index contributed by atoms with van der Waals surface area (Å²) in [7, 11) is -3.67. The van der Waals surface area contributed by atoms with E-state index in [0.29, 0.717) is 45.1 Å². The third kappa shape index (κ3) is 8.62. The van der Waals surface area contributed by atoms with Crippen molar-refractivity contribution in [3.63, 3.8) is 0 Å². The Balaban J connectivity index is 2.18. The smallest absolute Gasteiger partial charge is 0.408 e. The van der Waals surface area contributed by atoms with E-state index in [0.717, 1.165) is 5.56 Å². The van der Waals surface area contributed by atoms with Gasteiger partial charge in [-0.25, -0.2) is 18.0 Å². The predicted octanol–water partition coefficient (Wildman–Crippen LogP) is 3.95. The second-order valence-electron chi connectivity index (χ2n) is 8.36. The zero-order chi connectivity index (χ0) is 24.3. The molecule has 1 aliphatic rings. The van der Waals surface area contributed by atoms with Gasteiger partial charge in [-0.05, 0) is 24.8 Å². The minimum absolute atomic E-state index is 0.280. The van der Waals surface area contributed by atoms with Gasteiger partial charge >= 0.3 is 12.1 Å². The minimum Gasteiger partial charge on any atom is -0.456 e. The van der Waals surface area contributed by atoms with Crippen molar-refractivity contribution in [3.05, 3.63) is 35.9 Å². The highest BCUT2D eigenvalue weighted by atomic mass is 32.2. The first-order valence-electron chi connectivity index (χ1n) is 11.8. The molecule has 1 heterocycles. The SMILES string of the molecule is CCCC(CCC)S(=O)(=O)CC(NC(=O)O[C@H]1CCOC1)C(=O)OC(CC)c1ccccc1. The first-order valence-corrected chi connectivity index (χ1v) is 13.5. The van der Waals surface area contributed by atoms with E-state index in [9.17, 15) is 18.0 Å². The third-order valence-electron chi connectivity index (χ3n) is 5.67. The van der Waals surface area contributed by atoms with E-state index in [1.165, 1.54) is 0 Å². The van der Waals surface area contributed by atoms with Gasteiger partial charge in [0.2, 0.25) is 0 Å². The molecule has 1 aromatic rings. The topological polar surface area (TPSA) is 108 Å². The summed E-state index contributed by atoms with van der Waals surface area (Å²) in [4.78, 5) is 25.5. The number of hydrogen-bond donors (Lipinski definition) is 1. The zero-order valence-corrected chi connectivity index (χ0v) is 20.6. The van der Waals surface area contributed by atoms with E-state index in [1.807, 2.05) is 51.1 Å². The molecule has 1 saturated heterocycles. The van der Waals surface area contributed by atoms with Crippen molar-refractivity contribution < 1.29 is 32.2 Å². The molecule has 1 aromatic carbocycles. The Bertz CT molecular complexity index is 832. The molecule has 1 fully saturated rings. The van der Waals surface area contributed by atoms with Crippen LogP contribution in [0.25, 0.3) is 0 Å². The fraction of sp³-hybridized carbons (Fsp3) is 0.667. The number of benzene rings is 1. The number of esters is 1. The highest BCUT2D eigenvalue weighted by molar-refractivity contribution is 7.92. The Morgan fingerprint density at radius 1 is 1.12 bits per heavy atom. The lowest BCUT2D eigenvalue weighted by atomic mass is 10.1. The number of hydrogen-bond acceptors (Lipinski definition) is 7. The molecule has 0 bridgehead atoms. The average Bonchev–Trinajstić information content (AvgIpc) is 3.30. The Kier molecular flexibility index (Phi) is 11.1. The molecule has 2 unspecified atom stereocenters. The maximum Gasteiger partial charge on any atom is 0.408 e. The predicted molar refractivity (Wildman–Crippen MR) is 126 cm³/mol. The number of alkyl carbamates (subject to hydrolysis) is 1. The van der Waals surface area contributed by atoms with Crippen molar-refractivity contribution in [1.29, 1.82) is 0 Å². The van der Waals surface area contributed by atoms with Crippen molar-refractivity contribution in [2.24, 2.45) is 0 Å². The van der Waals surface area contributed by atoms with E-state index in [1.54, 1.807) is 0 Å². The standard InChI is InChI=1S/C24H37NO7S/c1-4-10-20(11-5-2)33(28,29)17-21(25-24(27)31-19-14-15-30-16-19)23(26)32-22(6-3)18-12-8-7-9-13-18/h7-9,12-13,19-22H,4-6,10-11,14-17H2,1-3H3,(H,25,27)/t19-,21?,22?/m0/s1. The molecule has 1 aliphatic heterocycles. The van der Waals surface area contributed by atoms with Crippen LogP contribution in [-0.2, 0) is 28.8 Å². The van der Waals surface area contributed by atoms with Crippen LogP contribution in [0.4, 0.5) is 4.79 Å². The lowest BCUT2D eigenvalue weighted by molar-refractivity contribution is -0.151. The molecule has 186 valence electrons. The van der Waals surface area contributed by atoms with Crippen molar-refractivity contribution in [3.8, 4) is 0 Å². The first-order chi connectivity index (χ1) is 15.8. The van der Waals surface area contributed by atoms with E-state index < -0.39 is 51.2 Å². The molecule has 0 aliphatic carbocycles. The van der Waals surface area contributed by atoms with Crippen molar-refractivity contribution >= 4 is 21.9 Å². The zero-order valence-electron chi connectivity index (χ0n) is 19.8. The molecular formula is C24H37NO7S. The van der Waals surface area contributed by atoms with Gasteiger partial charge in [0.05, 0.1) is 24.2 Å². The lowest BCUT2D eigenvalue weighted by Crippen LogP contribution is -2.48. The molecular weight excluding hydrogens is 446 g/mol. The van der Waals surface area contributed by atoms with Crippen LogP contribution in [0.1, 0.15) is 71.0 Å². The van der Waals surface area contributed by atoms with Crippen molar-refractivity contribution in [2.45, 2.75) is 82.8 Å². The van der Waals surface area contributed by atoms with Crippen LogP contribution < -0.4 is 5.32 Å². The Morgan fingerprint density at radius 2 is 1.79 bits per heavy atom. The second kappa shape index (κ2) is 13.5. The normalized spacial score (nSPS) is 18.0. The van der Waals surface area contributed by atoms with Crippen LogP contribution in [0.2, 0.25) is 0 Å². The molecule has 0 radical (unpaired) electrons. The highest BCUT2D eigenvalue weighted by Crippen LogP contribution is 2.23. The van der Waals surface area contributed by atoms with Gasteiger partial charge < -0.3 is 19.5 Å². The Morgan fingerprint density at radius 3 is 2.33 bits per heavy atom. The number of rotatable bonds is 13. The van der Waals surface area contributed by atoms with Gasteiger partial charge in [-0.1, -0.05) is 63.9 Å². The van der Waals surface area contributed by atoms with E-state index >= 15 is 0 Å². The van der Waals surface area contributed by atoms with Crippen molar-refractivity contribution in [1.82, 2.24) is 5.32 Å². The summed E-state index contributed by atoms with van der Waals surface area (Å²) in [5, 5.41) is 1.88. The lowest BCUT2D eigenvalue weighted by Gasteiger charge is -2.24. The molecule has 9 heteroatoms. The summed E-state index contributed by atoms with van der Waals surface area (Å²) in [5.41, 5.74) is 0.801. The Hall–Kier alpha value is -2.13. The first kappa shape index (κ1) is 27.1. The molecule has 1 N–H and O–H groups in total. The van der Waals surface area contributed by atoms with Gasteiger partial charge in [0.25, 0.3) is 0 Å². The number of amides is 1. The van der Waals surface area contributed by atoms with E-state index in [2.05, 4.69) is 5.32 Å². The van der Waals surface area contributed by atoms with Crippen LogP contribution in [0, 0.1) is 0 Å². The summed E-state index contributed by atoms with van der Waals surface area (Å²) >= 11 is 0. The molecule has 1 amide bonds. The van der Waals surface area contributed by atoms with E-state index in [4.69, 9.17) is 14.2 Å². The van der Waals surface area contributed by atoms with Gasteiger partial charge in [0.15, 0.2) is 9.84 Å². The molecule has 33 heavy (non-hydrogen) atoms. The summed E-state index contributed by atoms with van der Waals surface area (Å²) in [6, 6.07) is 7.86. The van der Waals surface area contributed by atoms with Gasteiger partial charge in [0, 0.05) is 6.42 Å². The number of carbonyl (C=O) groups is 2. The van der Waals surface area contributed by atoms with Gasteiger partial charge in [-0.3, -0.25) is 0 Å². The van der Waals surface area contributed by atoms with Gasteiger partial charge in [-0.15, -0.1) is 0 Å². The number of sulfone groups is 1. The van der Waals surface area contributed by atoms with E-state index in [-0.39, 0.29) is 6.61 Å². The largest absolute Gasteiger partial charge is 0.456 e. The van der Waals surface area contributed by atoms with Crippen LogP contribution in [0.3, 0.4) is 0 Å². The van der Waals surface area contributed by atoms with Crippen LogP contribution in [0.5, 0.6) is 0 Å². The molecule has 0 aromatic heterocycles. The van der Waals surface area contributed by atoms with Crippen molar-refractivity contribution in [2.75, 3.05) is 19.0 Å². The average molecular weight is 484 g/mol. The molecule has 0 saturated carbocycles.